The second kappa shape index (κ2) is 14.0. The normalized spacial score (nSPS) is 26.6. The lowest BCUT2D eigenvalue weighted by Gasteiger charge is -2.36. The van der Waals surface area contributed by atoms with E-state index < -0.39 is 24.4 Å². The van der Waals surface area contributed by atoms with Crippen molar-refractivity contribution in [2.45, 2.75) is 57.0 Å². The number of hydrogen-bond acceptors (Lipinski definition) is 7. The first-order valence-electron chi connectivity index (χ1n) is 9.61. The molecule has 0 bridgehead atoms. The smallest absolute Gasteiger partial charge is 0.110 e. The highest BCUT2D eigenvalue weighted by Gasteiger charge is 2.37. The van der Waals surface area contributed by atoms with Gasteiger partial charge in [0.25, 0.3) is 0 Å². The molecule has 0 spiro atoms. The van der Waals surface area contributed by atoms with Crippen LogP contribution in [-0.4, -0.2) is 85.5 Å². The van der Waals surface area contributed by atoms with Crippen molar-refractivity contribution in [3.05, 3.63) is 24.3 Å². The minimum Gasteiger partial charge on any atom is -0.394 e. The van der Waals surface area contributed by atoms with Gasteiger partial charge in [-0.15, -0.1) is 0 Å². The van der Waals surface area contributed by atoms with Crippen molar-refractivity contribution < 1.29 is 29.5 Å². The van der Waals surface area contributed by atoms with Gasteiger partial charge in [-0.05, 0) is 25.3 Å². The van der Waals surface area contributed by atoms with E-state index in [9.17, 15) is 15.3 Å². The van der Waals surface area contributed by atoms with Crippen molar-refractivity contribution >= 4 is 5.71 Å². The first-order valence-corrected chi connectivity index (χ1v) is 9.61. The summed E-state index contributed by atoms with van der Waals surface area (Å²) in [6.45, 7) is 8.36. The van der Waals surface area contributed by atoms with E-state index in [-0.39, 0.29) is 13.0 Å². The lowest BCUT2D eigenvalue weighted by atomic mass is 9.95. The number of hydrogen-bond donors (Lipinski definition) is 3. The second-order valence-electron chi connectivity index (χ2n) is 6.62. The van der Waals surface area contributed by atoms with Crippen LogP contribution in [0.25, 0.3) is 0 Å². The molecule has 3 N–H and O–H groups in total. The summed E-state index contributed by atoms with van der Waals surface area (Å²) in [6, 6.07) is 0. The van der Waals surface area contributed by atoms with Crippen molar-refractivity contribution in [3.8, 4) is 0 Å². The average Bonchev–Trinajstić information content (AvgIpc) is 2.66. The van der Waals surface area contributed by atoms with E-state index in [0.29, 0.717) is 32.0 Å². The molecule has 0 saturated carbocycles. The number of aliphatic imine (C=N–C) groups is 1. The largest absolute Gasteiger partial charge is 0.394 e. The van der Waals surface area contributed by atoms with Gasteiger partial charge in [-0.2, -0.15) is 0 Å². The third kappa shape index (κ3) is 9.10. The molecule has 0 radical (unpaired) electrons. The quantitative estimate of drug-likeness (QED) is 0.251. The fourth-order valence-corrected chi connectivity index (χ4v) is 2.75. The van der Waals surface area contributed by atoms with Crippen molar-refractivity contribution in [2.75, 3.05) is 40.1 Å². The van der Waals surface area contributed by atoms with Crippen LogP contribution in [0.3, 0.4) is 0 Å². The van der Waals surface area contributed by atoms with Gasteiger partial charge in [-0.3, -0.25) is 4.99 Å². The van der Waals surface area contributed by atoms with Crippen LogP contribution in [0.1, 0.15) is 32.6 Å². The molecule has 0 amide bonds. The molecule has 7 heteroatoms. The Hall–Kier alpha value is -1.09. The Bertz CT molecular complexity index is 479. The number of ether oxygens (including phenoxy) is 3. The summed E-state index contributed by atoms with van der Waals surface area (Å²) in [6.07, 6.45) is 3.21. The highest BCUT2D eigenvalue weighted by atomic mass is 16.5. The fraction of sp³-hybridized carbons (Fsp3) is 0.750. The second-order valence-corrected chi connectivity index (χ2v) is 6.62. The zero-order valence-corrected chi connectivity index (χ0v) is 16.5. The van der Waals surface area contributed by atoms with Gasteiger partial charge in [0.1, 0.15) is 18.3 Å². The van der Waals surface area contributed by atoms with E-state index in [0.717, 1.165) is 25.0 Å². The lowest BCUT2D eigenvalue weighted by Crippen LogP contribution is -2.51. The van der Waals surface area contributed by atoms with E-state index in [4.69, 9.17) is 14.2 Å². The third-order valence-electron chi connectivity index (χ3n) is 4.35. The first-order chi connectivity index (χ1) is 13.0. The fourth-order valence-electron chi connectivity index (χ4n) is 2.75. The van der Waals surface area contributed by atoms with E-state index in [1.165, 1.54) is 0 Å². The van der Waals surface area contributed by atoms with Crippen LogP contribution in [0.4, 0.5) is 0 Å². The zero-order valence-electron chi connectivity index (χ0n) is 16.5. The van der Waals surface area contributed by atoms with Crippen molar-refractivity contribution in [2.24, 2.45) is 4.99 Å². The van der Waals surface area contributed by atoms with Gasteiger partial charge in [0.2, 0.25) is 0 Å². The van der Waals surface area contributed by atoms with Gasteiger partial charge in [0, 0.05) is 20.1 Å². The molecule has 0 aromatic rings. The highest BCUT2D eigenvalue weighted by molar-refractivity contribution is 5.98. The standard InChI is InChI=1S/C20H35NO6/c1-4-9-25-11-12-26-10-8-15(2)6-5-7-16(21-3)18-13-17(23)20(24)19(14-22)27-18/h5,7,17-20,22-24H,2,4,6,8-14H2,1,3H3/b7-5-,21-16?/t17-,18+,19-,20-/m1/s1. The lowest BCUT2D eigenvalue weighted by molar-refractivity contribution is -0.162. The van der Waals surface area contributed by atoms with Crippen molar-refractivity contribution in [1.29, 1.82) is 0 Å². The van der Waals surface area contributed by atoms with E-state index in [1.807, 2.05) is 12.2 Å². The Balaban J connectivity index is 2.32. The Labute approximate surface area is 162 Å². The van der Waals surface area contributed by atoms with Gasteiger partial charge in [-0.1, -0.05) is 25.2 Å². The van der Waals surface area contributed by atoms with Gasteiger partial charge < -0.3 is 29.5 Å². The minimum absolute atomic E-state index is 0.240. The van der Waals surface area contributed by atoms with Gasteiger partial charge in [0.15, 0.2) is 0 Å². The maximum absolute atomic E-state index is 9.94. The number of aliphatic hydroxyl groups excluding tert-OH is 3. The Morgan fingerprint density at radius 3 is 2.56 bits per heavy atom. The van der Waals surface area contributed by atoms with Gasteiger partial charge in [0.05, 0.1) is 38.2 Å². The molecular formula is C20H35NO6. The minimum atomic E-state index is -1.08. The molecule has 1 aliphatic heterocycles. The van der Waals surface area contributed by atoms with Gasteiger partial charge >= 0.3 is 0 Å². The number of nitrogens with zero attached hydrogens (tertiary/aromatic N) is 1. The summed E-state index contributed by atoms with van der Waals surface area (Å²) in [5.41, 5.74) is 1.71. The number of rotatable bonds is 13. The number of allylic oxidation sites excluding steroid dienone is 1. The van der Waals surface area contributed by atoms with Crippen molar-refractivity contribution in [1.82, 2.24) is 0 Å². The zero-order chi connectivity index (χ0) is 20.1. The molecular weight excluding hydrogens is 350 g/mol. The van der Waals surface area contributed by atoms with Crippen LogP contribution in [0.2, 0.25) is 0 Å². The highest BCUT2D eigenvalue weighted by Crippen LogP contribution is 2.22. The summed E-state index contributed by atoms with van der Waals surface area (Å²) in [7, 11) is 1.65. The summed E-state index contributed by atoms with van der Waals surface area (Å²) in [5, 5.41) is 29.0. The molecule has 27 heavy (non-hydrogen) atoms. The maximum atomic E-state index is 9.94. The number of aliphatic hydroxyl groups is 3. The van der Waals surface area contributed by atoms with Crippen LogP contribution in [0, 0.1) is 0 Å². The molecule has 1 rings (SSSR count). The first kappa shape index (κ1) is 23.9. The summed E-state index contributed by atoms with van der Waals surface area (Å²) >= 11 is 0. The third-order valence-corrected chi connectivity index (χ3v) is 4.35. The van der Waals surface area contributed by atoms with E-state index in [2.05, 4.69) is 18.5 Å². The van der Waals surface area contributed by atoms with Crippen LogP contribution in [-0.2, 0) is 14.2 Å². The van der Waals surface area contributed by atoms with Crippen LogP contribution in [0.15, 0.2) is 29.3 Å². The Morgan fingerprint density at radius 1 is 1.22 bits per heavy atom. The molecule has 0 aromatic carbocycles. The molecule has 0 unspecified atom stereocenters. The predicted octanol–water partition coefficient (Wildman–Crippen LogP) is 1.26. The average molecular weight is 386 g/mol. The SMILES string of the molecule is C=C(C/C=C\C(=NC)[C@@H]1C[C@@H](O)[C@@H](O)[C@@H](CO)O1)CCOCCOCCC. The molecule has 1 fully saturated rings. The Kier molecular flexibility index (Phi) is 12.4. The monoisotopic (exact) mass is 385 g/mol. The molecule has 1 heterocycles. The molecule has 0 aliphatic carbocycles. The summed E-state index contributed by atoms with van der Waals surface area (Å²) < 4.78 is 16.5. The molecule has 7 nitrogen and oxygen atoms in total. The maximum Gasteiger partial charge on any atom is 0.110 e. The van der Waals surface area contributed by atoms with Crippen LogP contribution >= 0.6 is 0 Å². The Morgan fingerprint density at radius 2 is 1.93 bits per heavy atom. The predicted molar refractivity (Wildman–Crippen MR) is 105 cm³/mol. The summed E-state index contributed by atoms with van der Waals surface area (Å²) in [5.74, 6) is 0. The summed E-state index contributed by atoms with van der Waals surface area (Å²) in [4.78, 5) is 4.21. The molecule has 0 aromatic heterocycles. The molecule has 1 saturated heterocycles. The van der Waals surface area contributed by atoms with E-state index in [1.54, 1.807) is 7.05 Å². The molecule has 4 atom stereocenters. The topological polar surface area (TPSA) is 101 Å². The van der Waals surface area contributed by atoms with Crippen LogP contribution in [0.5, 0.6) is 0 Å². The molecule has 1 aliphatic rings. The van der Waals surface area contributed by atoms with Crippen LogP contribution < -0.4 is 0 Å². The molecule has 156 valence electrons. The van der Waals surface area contributed by atoms with Gasteiger partial charge in [-0.25, -0.2) is 0 Å². The van der Waals surface area contributed by atoms with Crippen molar-refractivity contribution in [3.63, 3.8) is 0 Å². The van der Waals surface area contributed by atoms with E-state index >= 15 is 0 Å².